The molecule has 0 aliphatic carbocycles. The summed E-state index contributed by atoms with van der Waals surface area (Å²) in [4.78, 5) is 4.23. The molecule has 1 aromatic heterocycles. The molecule has 0 amide bonds. The van der Waals surface area contributed by atoms with Gasteiger partial charge in [0, 0.05) is 13.6 Å². The van der Waals surface area contributed by atoms with E-state index in [4.69, 9.17) is 5.73 Å². The van der Waals surface area contributed by atoms with E-state index in [0.717, 1.165) is 11.1 Å². The third-order valence-electron chi connectivity index (χ3n) is 3.21. The van der Waals surface area contributed by atoms with Crippen molar-refractivity contribution in [3.05, 3.63) is 41.0 Å². The summed E-state index contributed by atoms with van der Waals surface area (Å²) in [6.45, 7) is 4.03. The normalized spacial score (nSPS) is 11.8. The van der Waals surface area contributed by atoms with E-state index in [-0.39, 0.29) is 11.4 Å². The second-order valence-corrected chi connectivity index (χ2v) is 6.64. The van der Waals surface area contributed by atoms with Crippen molar-refractivity contribution in [3.8, 4) is 0 Å². The van der Waals surface area contributed by atoms with E-state index in [1.807, 2.05) is 13.0 Å². The monoisotopic (exact) mass is 309 g/mol. The minimum atomic E-state index is -3.62. The number of hydrogen-bond acceptors (Lipinski definition) is 5. The number of sulfonamides is 1. The van der Waals surface area contributed by atoms with Crippen LogP contribution in [0.5, 0.6) is 0 Å². The molecule has 7 nitrogen and oxygen atoms in total. The Balaban J connectivity index is 2.27. The highest BCUT2D eigenvalue weighted by molar-refractivity contribution is 7.89. The largest absolute Gasteiger partial charge is 0.326 e. The highest BCUT2D eigenvalue weighted by Crippen LogP contribution is 2.20. The summed E-state index contributed by atoms with van der Waals surface area (Å²) in [7, 11) is -1.90. The predicted molar refractivity (Wildman–Crippen MR) is 78.8 cm³/mol. The zero-order chi connectivity index (χ0) is 15.6. The van der Waals surface area contributed by atoms with Gasteiger partial charge in [-0.15, -0.1) is 0 Å². The summed E-state index contributed by atoms with van der Waals surface area (Å²) in [5.74, 6) is 0.421. The third kappa shape index (κ3) is 3.46. The average molecular weight is 309 g/mol. The number of nitrogens with two attached hydrogens (primary N) is 1. The lowest BCUT2D eigenvalue weighted by Gasteiger charge is -2.12. The third-order valence-corrected chi connectivity index (χ3v) is 4.75. The molecule has 0 bridgehead atoms. The average Bonchev–Trinajstić information content (AvgIpc) is 2.82. The fourth-order valence-corrected chi connectivity index (χ4v) is 3.34. The van der Waals surface area contributed by atoms with E-state index in [2.05, 4.69) is 14.8 Å². The standard InChI is InChI=1S/C13H19N5O2S/c1-9-4-10(2)12(5-11(9)6-14)21(19,20)16-7-13-15-8-18(3)17-13/h4-5,8,16H,6-7,14H2,1-3H3. The molecule has 0 unspecified atom stereocenters. The van der Waals surface area contributed by atoms with Crippen LogP contribution in [0.4, 0.5) is 0 Å². The van der Waals surface area contributed by atoms with Gasteiger partial charge in [-0.1, -0.05) is 6.07 Å². The van der Waals surface area contributed by atoms with Crippen LogP contribution < -0.4 is 10.5 Å². The zero-order valence-corrected chi connectivity index (χ0v) is 13.1. The van der Waals surface area contributed by atoms with Crippen LogP contribution in [0.25, 0.3) is 0 Å². The van der Waals surface area contributed by atoms with Gasteiger partial charge in [-0.05, 0) is 36.6 Å². The first-order valence-electron chi connectivity index (χ1n) is 6.48. The molecule has 0 aliphatic rings. The summed E-state index contributed by atoms with van der Waals surface area (Å²) >= 11 is 0. The lowest BCUT2D eigenvalue weighted by molar-refractivity contribution is 0.578. The number of nitrogens with zero attached hydrogens (tertiary/aromatic N) is 3. The van der Waals surface area contributed by atoms with Crippen molar-refractivity contribution in [1.29, 1.82) is 0 Å². The summed E-state index contributed by atoms with van der Waals surface area (Å²) in [6.07, 6.45) is 1.52. The number of benzene rings is 1. The molecule has 2 rings (SSSR count). The van der Waals surface area contributed by atoms with Crippen molar-refractivity contribution in [2.24, 2.45) is 12.8 Å². The summed E-state index contributed by atoms with van der Waals surface area (Å²) in [5.41, 5.74) is 8.13. The van der Waals surface area contributed by atoms with E-state index in [1.165, 1.54) is 11.0 Å². The molecule has 2 aromatic rings. The van der Waals surface area contributed by atoms with Gasteiger partial charge in [-0.3, -0.25) is 4.68 Å². The molecule has 0 radical (unpaired) electrons. The molecule has 3 N–H and O–H groups in total. The summed E-state index contributed by atoms with van der Waals surface area (Å²) in [5, 5.41) is 4.04. The number of aryl methyl sites for hydroxylation is 3. The van der Waals surface area contributed by atoms with Gasteiger partial charge in [0.15, 0.2) is 5.82 Å². The minimum Gasteiger partial charge on any atom is -0.326 e. The maximum atomic E-state index is 12.4. The van der Waals surface area contributed by atoms with Gasteiger partial charge in [0.1, 0.15) is 6.33 Å². The van der Waals surface area contributed by atoms with Crippen molar-refractivity contribution in [3.63, 3.8) is 0 Å². The topological polar surface area (TPSA) is 103 Å². The van der Waals surface area contributed by atoms with Crippen LogP contribution in [0, 0.1) is 13.8 Å². The van der Waals surface area contributed by atoms with E-state index >= 15 is 0 Å². The molecule has 0 saturated heterocycles. The Bertz CT molecular complexity index is 752. The fraction of sp³-hybridized carbons (Fsp3) is 0.385. The Morgan fingerprint density at radius 1 is 1.29 bits per heavy atom. The molecular weight excluding hydrogens is 290 g/mol. The van der Waals surface area contributed by atoms with E-state index in [1.54, 1.807) is 20.0 Å². The SMILES string of the molecule is Cc1cc(C)c(S(=O)(=O)NCc2ncn(C)n2)cc1CN. The van der Waals surface area contributed by atoms with E-state index in [9.17, 15) is 8.42 Å². The van der Waals surface area contributed by atoms with Crippen LogP contribution >= 0.6 is 0 Å². The molecule has 1 heterocycles. The van der Waals surface area contributed by atoms with E-state index in [0.29, 0.717) is 17.9 Å². The number of aromatic nitrogens is 3. The summed E-state index contributed by atoms with van der Waals surface area (Å²) < 4.78 is 28.8. The van der Waals surface area contributed by atoms with Crippen molar-refractivity contribution < 1.29 is 8.42 Å². The molecule has 0 aliphatic heterocycles. The lowest BCUT2D eigenvalue weighted by Crippen LogP contribution is -2.25. The Morgan fingerprint density at radius 2 is 2.00 bits per heavy atom. The molecule has 0 atom stereocenters. The number of hydrogen-bond donors (Lipinski definition) is 2. The van der Waals surface area contributed by atoms with Gasteiger partial charge >= 0.3 is 0 Å². The molecule has 0 fully saturated rings. The zero-order valence-electron chi connectivity index (χ0n) is 12.3. The first-order valence-corrected chi connectivity index (χ1v) is 7.96. The van der Waals surface area contributed by atoms with Gasteiger partial charge < -0.3 is 5.73 Å². The second-order valence-electron chi connectivity index (χ2n) is 4.91. The first-order chi connectivity index (χ1) is 9.83. The quantitative estimate of drug-likeness (QED) is 0.830. The Morgan fingerprint density at radius 3 is 2.57 bits per heavy atom. The van der Waals surface area contributed by atoms with Crippen molar-refractivity contribution in [2.75, 3.05) is 0 Å². The molecule has 8 heteroatoms. The number of nitrogens with one attached hydrogen (secondary N) is 1. The van der Waals surface area contributed by atoms with Gasteiger partial charge in [0.2, 0.25) is 10.0 Å². The van der Waals surface area contributed by atoms with Gasteiger partial charge in [0.25, 0.3) is 0 Å². The first kappa shape index (κ1) is 15.6. The Labute approximate surface area is 124 Å². The van der Waals surface area contributed by atoms with Crippen LogP contribution in [0.3, 0.4) is 0 Å². The summed E-state index contributed by atoms with van der Waals surface area (Å²) in [6, 6.07) is 3.45. The van der Waals surface area contributed by atoms with Gasteiger partial charge in [-0.25, -0.2) is 18.1 Å². The van der Waals surface area contributed by atoms with Crippen molar-refractivity contribution in [1.82, 2.24) is 19.5 Å². The molecule has 1 aromatic carbocycles. The van der Waals surface area contributed by atoms with Crippen LogP contribution in [-0.4, -0.2) is 23.2 Å². The highest BCUT2D eigenvalue weighted by Gasteiger charge is 2.18. The maximum Gasteiger partial charge on any atom is 0.241 e. The van der Waals surface area contributed by atoms with Crippen LogP contribution in [0.2, 0.25) is 0 Å². The Hall–Kier alpha value is -1.77. The highest BCUT2D eigenvalue weighted by atomic mass is 32.2. The molecule has 0 spiro atoms. The lowest BCUT2D eigenvalue weighted by atomic mass is 10.1. The van der Waals surface area contributed by atoms with Gasteiger partial charge in [0.05, 0.1) is 11.4 Å². The minimum absolute atomic E-state index is 0.0500. The molecular formula is C13H19N5O2S. The molecule has 0 saturated carbocycles. The predicted octanol–water partition coefficient (Wildman–Crippen LogP) is 0.369. The fourth-order valence-electron chi connectivity index (χ4n) is 2.09. The van der Waals surface area contributed by atoms with Crippen LogP contribution in [0.15, 0.2) is 23.4 Å². The van der Waals surface area contributed by atoms with Crippen LogP contribution in [0.1, 0.15) is 22.5 Å². The van der Waals surface area contributed by atoms with Crippen molar-refractivity contribution in [2.45, 2.75) is 31.8 Å². The molecule has 21 heavy (non-hydrogen) atoms. The Kier molecular flexibility index (Phi) is 4.40. The second kappa shape index (κ2) is 5.92. The van der Waals surface area contributed by atoms with E-state index < -0.39 is 10.0 Å². The number of rotatable bonds is 5. The van der Waals surface area contributed by atoms with Crippen LogP contribution in [-0.2, 0) is 30.2 Å². The van der Waals surface area contributed by atoms with Crippen molar-refractivity contribution >= 4 is 10.0 Å². The smallest absolute Gasteiger partial charge is 0.241 e. The van der Waals surface area contributed by atoms with Gasteiger partial charge in [-0.2, -0.15) is 5.10 Å². The molecule has 114 valence electrons. The maximum absolute atomic E-state index is 12.4.